The molecule has 2 fully saturated rings. The number of benzene rings is 1. The number of aromatic amines is 1. The number of sulfonamides is 1. The lowest BCUT2D eigenvalue weighted by Gasteiger charge is -2.40. The number of aliphatic hydroxyl groups excluding tert-OH is 1. The van der Waals surface area contributed by atoms with Crippen molar-refractivity contribution in [2.75, 3.05) is 37.6 Å². The van der Waals surface area contributed by atoms with E-state index in [-0.39, 0.29) is 41.9 Å². The lowest BCUT2D eigenvalue weighted by molar-refractivity contribution is -0.142. The summed E-state index contributed by atoms with van der Waals surface area (Å²) in [5, 5.41) is 16.2. The summed E-state index contributed by atoms with van der Waals surface area (Å²) in [5.41, 5.74) is 0.404. The van der Waals surface area contributed by atoms with E-state index in [9.17, 15) is 23.1 Å². The van der Waals surface area contributed by atoms with Crippen LogP contribution in [0.15, 0.2) is 46.2 Å². The zero-order chi connectivity index (χ0) is 25.6. The first-order valence-corrected chi connectivity index (χ1v) is 13.5. The van der Waals surface area contributed by atoms with E-state index in [0.29, 0.717) is 47.7 Å². The van der Waals surface area contributed by atoms with Gasteiger partial charge in [-0.1, -0.05) is 11.6 Å². The zero-order valence-electron chi connectivity index (χ0n) is 19.7. The summed E-state index contributed by atoms with van der Waals surface area (Å²) >= 11 is 6.09. The third-order valence-electron chi connectivity index (χ3n) is 6.94. The third-order valence-corrected chi connectivity index (χ3v) is 9.15. The van der Waals surface area contributed by atoms with E-state index in [0.717, 1.165) is 4.31 Å². The van der Waals surface area contributed by atoms with Crippen molar-refractivity contribution in [1.82, 2.24) is 24.0 Å². The van der Waals surface area contributed by atoms with Gasteiger partial charge >= 0.3 is 0 Å². The van der Waals surface area contributed by atoms with Crippen LogP contribution in [0.1, 0.15) is 12.8 Å². The van der Waals surface area contributed by atoms with E-state index in [1.54, 1.807) is 30.3 Å². The SMILES string of the molecule is Cn1nc(N2CCC(C(=O)N3CCN(S(=O)(=O)c4ccc5c(Cl)c[nH]c5c4)C(O)C3)CC2)ccc1=O. The number of piperazine rings is 1. The molecule has 11 nitrogen and oxygen atoms in total. The number of nitrogens with one attached hydrogen (secondary N) is 1. The first kappa shape index (κ1) is 24.8. The largest absolute Gasteiger partial charge is 0.375 e. The molecule has 0 aliphatic carbocycles. The Hall–Kier alpha value is -2.93. The van der Waals surface area contributed by atoms with Gasteiger partial charge in [0.15, 0.2) is 0 Å². The number of amides is 1. The monoisotopic (exact) mass is 534 g/mol. The number of rotatable bonds is 4. The Morgan fingerprint density at radius 2 is 1.89 bits per heavy atom. The lowest BCUT2D eigenvalue weighted by atomic mass is 9.95. The molecule has 192 valence electrons. The van der Waals surface area contributed by atoms with Crippen LogP contribution in [0.3, 0.4) is 0 Å². The molecule has 2 aliphatic heterocycles. The highest BCUT2D eigenvalue weighted by Gasteiger charge is 2.38. The average molecular weight is 535 g/mol. The molecule has 36 heavy (non-hydrogen) atoms. The van der Waals surface area contributed by atoms with Gasteiger partial charge in [0.1, 0.15) is 12.0 Å². The minimum Gasteiger partial charge on any atom is -0.375 e. The van der Waals surface area contributed by atoms with E-state index in [1.807, 2.05) is 4.90 Å². The highest BCUT2D eigenvalue weighted by molar-refractivity contribution is 7.89. The van der Waals surface area contributed by atoms with Gasteiger partial charge in [-0.25, -0.2) is 13.1 Å². The molecule has 1 aromatic carbocycles. The molecule has 2 saturated heterocycles. The number of anilines is 1. The van der Waals surface area contributed by atoms with Crippen molar-refractivity contribution >= 4 is 44.3 Å². The molecule has 2 N–H and O–H groups in total. The van der Waals surface area contributed by atoms with E-state index >= 15 is 0 Å². The summed E-state index contributed by atoms with van der Waals surface area (Å²) < 4.78 is 28.8. The molecule has 1 unspecified atom stereocenters. The number of hydrogen-bond acceptors (Lipinski definition) is 7. The second kappa shape index (κ2) is 9.51. The molecular formula is C23H27ClN6O5S. The molecule has 4 heterocycles. The molecular weight excluding hydrogens is 508 g/mol. The molecule has 1 amide bonds. The molecule has 2 aliphatic rings. The van der Waals surface area contributed by atoms with Gasteiger partial charge in [0.25, 0.3) is 5.56 Å². The van der Waals surface area contributed by atoms with Crippen molar-refractivity contribution in [2.45, 2.75) is 24.0 Å². The zero-order valence-corrected chi connectivity index (χ0v) is 21.2. The summed E-state index contributed by atoms with van der Waals surface area (Å²) in [6.07, 6.45) is 1.46. The number of nitrogens with zero attached hydrogens (tertiary/aromatic N) is 5. The van der Waals surface area contributed by atoms with Crippen LogP contribution < -0.4 is 10.5 Å². The van der Waals surface area contributed by atoms with E-state index in [4.69, 9.17) is 11.6 Å². The molecule has 1 atom stereocenters. The van der Waals surface area contributed by atoms with Gasteiger partial charge in [-0.2, -0.15) is 9.40 Å². The van der Waals surface area contributed by atoms with Gasteiger partial charge in [-0.15, -0.1) is 0 Å². The lowest BCUT2D eigenvalue weighted by Crippen LogP contribution is -2.57. The fraction of sp³-hybridized carbons (Fsp3) is 0.435. The first-order chi connectivity index (χ1) is 17.1. The molecule has 0 spiro atoms. The molecule has 2 aromatic heterocycles. The van der Waals surface area contributed by atoms with E-state index in [2.05, 4.69) is 10.1 Å². The Kier molecular flexibility index (Phi) is 6.54. The number of carbonyl (C=O) groups is 1. The summed E-state index contributed by atoms with van der Waals surface area (Å²) in [6, 6.07) is 7.75. The topological polar surface area (TPSA) is 132 Å². The molecule has 0 bridgehead atoms. The fourth-order valence-corrected chi connectivity index (χ4v) is 6.57. The Labute approximate surface area is 212 Å². The molecule has 0 radical (unpaired) electrons. The molecule has 0 saturated carbocycles. The second-order valence-electron chi connectivity index (χ2n) is 9.14. The Balaban J connectivity index is 1.21. The van der Waals surface area contributed by atoms with Gasteiger partial charge in [-0.05, 0) is 37.1 Å². The van der Waals surface area contributed by atoms with Gasteiger partial charge in [0.2, 0.25) is 15.9 Å². The summed E-state index contributed by atoms with van der Waals surface area (Å²) in [5.74, 6) is 0.392. The van der Waals surface area contributed by atoms with Gasteiger partial charge in [0.05, 0.1) is 16.5 Å². The van der Waals surface area contributed by atoms with E-state index < -0.39 is 16.3 Å². The molecule has 13 heteroatoms. The standard InChI is InChI=1S/C23H27ClN6O5S/c1-27-21(31)5-4-20(26-27)28-8-6-15(7-9-28)23(33)29-10-11-30(22(32)14-29)36(34,35)16-2-3-17-18(24)13-25-19(17)12-16/h2-5,12-13,15,22,25,32H,6-11,14H2,1H3. The maximum Gasteiger partial charge on any atom is 0.266 e. The number of H-pyrrole nitrogens is 1. The van der Waals surface area contributed by atoms with Crippen molar-refractivity contribution in [2.24, 2.45) is 13.0 Å². The number of fused-ring (bicyclic) bond motifs is 1. The molecule has 5 rings (SSSR count). The van der Waals surface area contributed by atoms with Crippen LogP contribution in [-0.4, -0.2) is 82.4 Å². The maximum absolute atomic E-state index is 13.2. The van der Waals surface area contributed by atoms with Crippen molar-refractivity contribution < 1.29 is 18.3 Å². The van der Waals surface area contributed by atoms with Gasteiger partial charge in [0, 0.05) is 62.3 Å². The number of aromatic nitrogens is 3. The van der Waals surface area contributed by atoms with Crippen LogP contribution in [-0.2, 0) is 21.9 Å². The quantitative estimate of drug-likeness (QED) is 0.510. The normalized spacial score (nSPS) is 20.2. The number of hydrogen-bond donors (Lipinski definition) is 2. The van der Waals surface area contributed by atoms with Crippen LogP contribution in [0.4, 0.5) is 5.82 Å². The summed E-state index contributed by atoms with van der Waals surface area (Å²) in [6.45, 7) is 1.35. The maximum atomic E-state index is 13.2. The predicted molar refractivity (Wildman–Crippen MR) is 134 cm³/mol. The Morgan fingerprint density at radius 3 is 2.58 bits per heavy atom. The number of carbonyl (C=O) groups excluding carboxylic acids is 1. The number of aliphatic hydroxyl groups is 1. The van der Waals surface area contributed by atoms with Crippen LogP contribution in [0.5, 0.6) is 0 Å². The number of aryl methyl sites for hydroxylation is 1. The van der Waals surface area contributed by atoms with Crippen molar-refractivity contribution in [3.8, 4) is 0 Å². The first-order valence-electron chi connectivity index (χ1n) is 11.7. The van der Waals surface area contributed by atoms with Crippen molar-refractivity contribution in [3.05, 3.63) is 51.9 Å². The minimum atomic E-state index is -3.97. The second-order valence-corrected chi connectivity index (χ2v) is 11.4. The highest BCUT2D eigenvalue weighted by Crippen LogP contribution is 2.29. The molecule has 3 aromatic rings. The van der Waals surface area contributed by atoms with Crippen molar-refractivity contribution in [1.29, 1.82) is 0 Å². The summed E-state index contributed by atoms with van der Waals surface area (Å²) in [4.78, 5) is 31.3. The smallest absolute Gasteiger partial charge is 0.266 e. The van der Waals surface area contributed by atoms with Crippen LogP contribution in [0.2, 0.25) is 5.02 Å². The predicted octanol–water partition coefficient (Wildman–Crippen LogP) is 0.983. The van der Waals surface area contributed by atoms with Crippen LogP contribution >= 0.6 is 11.6 Å². The highest BCUT2D eigenvalue weighted by atomic mass is 35.5. The van der Waals surface area contributed by atoms with E-state index in [1.165, 1.54) is 22.9 Å². The summed E-state index contributed by atoms with van der Waals surface area (Å²) in [7, 11) is -2.37. The number of piperidine rings is 1. The number of β-amino-alcohol motifs (C(OH)–C–C–N with tert-alkyl or cyclic N) is 1. The third kappa shape index (κ3) is 4.49. The van der Waals surface area contributed by atoms with Crippen LogP contribution in [0.25, 0.3) is 10.9 Å². The fourth-order valence-electron chi connectivity index (χ4n) is 4.87. The van der Waals surface area contributed by atoms with Gasteiger partial charge < -0.3 is 19.9 Å². The average Bonchev–Trinajstić information content (AvgIpc) is 3.25. The van der Waals surface area contributed by atoms with Crippen LogP contribution in [0, 0.1) is 5.92 Å². The number of halogens is 1. The van der Waals surface area contributed by atoms with Gasteiger partial charge in [-0.3, -0.25) is 9.59 Å². The Morgan fingerprint density at radius 1 is 1.14 bits per heavy atom. The minimum absolute atomic E-state index is 0.000428. The Bertz CT molecular complexity index is 1460. The van der Waals surface area contributed by atoms with Crippen molar-refractivity contribution in [3.63, 3.8) is 0 Å².